The summed E-state index contributed by atoms with van der Waals surface area (Å²) in [4.78, 5) is 10.3. The number of hydrogen-bond acceptors (Lipinski definition) is 1. The Labute approximate surface area is 101 Å². The Morgan fingerprint density at radius 1 is 1.00 bits per heavy atom. The van der Waals surface area contributed by atoms with Gasteiger partial charge in [-0.05, 0) is 17.7 Å². The highest BCUT2D eigenvalue weighted by Gasteiger charge is 2.43. The van der Waals surface area contributed by atoms with Crippen molar-refractivity contribution in [1.82, 2.24) is 0 Å². The minimum absolute atomic E-state index is 0.133. The molecule has 2 nitrogen and oxygen atoms in total. The zero-order chi connectivity index (χ0) is 15.0. The fraction of sp³-hybridized carbons (Fsp3) is 0.300. The van der Waals surface area contributed by atoms with Gasteiger partial charge in [0.1, 0.15) is 5.82 Å². The summed E-state index contributed by atoms with van der Waals surface area (Å²) in [7, 11) is 0. The maximum absolute atomic E-state index is 13.2. The van der Waals surface area contributed by atoms with E-state index in [4.69, 9.17) is 5.11 Å². The predicted molar refractivity (Wildman–Crippen MR) is 47.7 cm³/mol. The first kappa shape index (κ1) is 15.3. The maximum Gasteiger partial charge on any atom is 0.417 e. The lowest BCUT2D eigenvalue weighted by atomic mass is 10.0. The minimum atomic E-state index is -5.40. The van der Waals surface area contributed by atoms with Gasteiger partial charge in [-0.3, -0.25) is 4.79 Å². The van der Waals surface area contributed by atoms with Crippen molar-refractivity contribution in [3.63, 3.8) is 0 Å². The summed E-state index contributed by atoms with van der Waals surface area (Å²) in [6.07, 6.45) is -11.9. The molecule has 0 atom stereocenters. The highest BCUT2D eigenvalue weighted by molar-refractivity contribution is 5.70. The largest absolute Gasteiger partial charge is 0.481 e. The Morgan fingerprint density at radius 2 is 1.42 bits per heavy atom. The average Bonchev–Trinajstić information content (AvgIpc) is 2.16. The number of benzene rings is 1. The second-order valence-electron chi connectivity index (χ2n) is 3.56. The zero-order valence-electron chi connectivity index (χ0n) is 8.86. The van der Waals surface area contributed by atoms with E-state index in [0.717, 1.165) is 0 Å². The molecule has 9 heteroatoms. The van der Waals surface area contributed by atoms with Crippen LogP contribution in [-0.4, -0.2) is 11.1 Å². The van der Waals surface area contributed by atoms with Crippen molar-refractivity contribution in [1.29, 1.82) is 0 Å². The van der Waals surface area contributed by atoms with Gasteiger partial charge < -0.3 is 5.11 Å². The summed E-state index contributed by atoms with van der Waals surface area (Å²) in [5.74, 6) is -3.31. The van der Waals surface area contributed by atoms with E-state index in [-0.39, 0.29) is 12.1 Å². The molecule has 0 unspecified atom stereocenters. The molecule has 0 amide bonds. The quantitative estimate of drug-likeness (QED) is 0.846. The molecule has 106 valence electrons. The molecule has 0 aliphatic rings. The summed E-state index contributed by atoms with van der Waals surface area (Å²) >= 11 is 0. The molecule has 0 heterocycles. The normalized spacial score (nSPS) is 12.6. The van der Waals surface area contributed by atoms with Crippen LogP contribution in [-0.2, 0) is 23.6 Å². The third kappa shape index (κ3) is 3.58. The van der Waals surface area contributed by atoms with E-state index in [1.807, 2.05) is 0 Å². The van der Waals surface area contributed by atoms with Crippen LogP contribution in [0, 0.1) is 5.82 Å². The number of halogens is 7. The van der Waals surface area contributed by atoms with Crippen LogP contribution >= 0.6 is 0 Å². The summed E-state index contributed by atoms with van der Waals surface area (Å²) in [6, 6.07) is -0.479. The highest BCUT2D eigenvalue weighted by Crippen LogP contribution is 2.41. The van der Waals surface area contributed by atoms with Crippen molar-refractivity contribution in [3.8, 4) is 0 Å². The minimum Gasteiger partial charge on any atom is -0.481 e. The fourth-order valence-electron chi connectivity index (χ4n) is 1.39. The van der Waals surface area contributed by atoms with Gasteiger partial charge in [-0.2, -0.15) is 26.3 Å². The second kappa shape index (κ2) is 4.71. The predicted octanol–water partition coefficient (Wildman–Crippen LogP) is 3.49. The lowest BCUT2D eigenvalue weighted by molar-refractivity contribution is -0.162. The fourth-order valence-corrected chi connectivity index (χ4v) is 1.39. The highest BCUT2D eigenvalue weighted by atomic mass is 19.4. The van der Waals surface area contributed by atoms with Crippen molar-refractivity contribution in [2.75, 3.05) is 0 Å². The number of alkyl halides is 6. The molecule has 0 spiro atoms. The molecule has 19 heavy (non-hydrogen) atoms. The Bertz CT molecular complexity index is 502. The maximum atomic E-state index is 13.2. The molecule has 1 N–H and O–H groups in total. The van der Waals surface area contributed by atoms with Crippen LogP contribution in [0.5, 0.6) is 0 Å². The van der Waals surface area contributed by atoms with Crippen molar-refractivity contribution < 1.29 is 40.6 Å². The Hall–Kier alpha value is -1.80. The lowest BCUT2D eigenvalue weighted by Crippen LogP contribution is -2.18. The summed E-state index contributed by atoms with van der Waals surface area (Å²) in [5, 5.41) is 8.34. The number of carbonyl (C=O) groups is 1. The topological polar surface area (TPSA) is 37.3 Å². The number of carboxylic acid groups (broad SMARTS) is 1. The Kier molecular flexibility index (Phi) is 3.78. The monoisotopic (exact) mass is 290 g/mol. The second-order valence-corrected chi connectivity index (χ2v) is 3.56. The number of carboxylic acids is 1. The van der Waals surface area contributed by atoms with Gasteiger partial charge >= 0.3 is 18.3 Å². The molecule has 0 saturated heterocycles. The molecule has 1 aromatic rings. The molecule has 0 fully saturated rings. The Morgan fingerprint density at radius 3 is 1.79 bits per heavy atom. The van der Waals surface area contributed by atoms with E-state index in [9.17, 15) is 35.5 Å². The molecular weight excluding hydrogens is 285 g/mol. The van der Waals surface area contributed by atoms with Crippen LogP contribution in [0.15, 0.2) is 12.1 Å². The molecule has 1 rings (SSSR count). The first-order valence-electron chi connectivity index (χ1n) is 4.61. The van der Waals surface area contributed by atoms with E-state index in [0.29, 0.717) is 0 Å². The Balaban J connectivity index is 3.51. The van der Waals surface area contributed by atoms with Gasteiger partial charge in [0, 0.05) is 0 Å². The molecule has 0 radical (unpaired) electrons. The molecule has 1 aromatic carbocycles. The molecule has 0 aliphatic carbocycles. The average molecular weight is 290 g/mol. The molecule has 0 aromatic heterocycles. The van der Waals surface area contributed by atoms with E-state index in [1.54, 1.807) is 0 Å². The van der Waals surface area contributed by atoms with Gasteiger partial charge in [0.05, 0.1) is 17.5 Å². The van der Waals surface area contributed by atoms with Crippen molar-refractivity contribution >= 4 is 5.97 Å². The third-order valence-corrected chi connectivity index (χ3v) is 2.14. The number of aliphatic carboxylic acids is 1. The first-order chi connectivity index (χ1) is 8.43. The summed E-state index contributed by atoms with van der Waals surface area (Å²) in [5.41, 5.74) is -5.27. The van der Waals surface area contributed by atoms with Crippen molar-refractivity contribution in [3.05, 3.63) is 34.6 Å². The van der Waals surface area contributed by atoms with Crippen LogP contribution in [0.3, 0.4) is 0 Å². The first-order valence-corrected chi connectivity index (χ1v) is 4.61. The molecule has 0 bridgehead atoms. The van der Waals surface area contributed by atoms with Crippen LogP contribution in [0.4, 0.5) is 30.7 Å². The van der Waals surface area contributed by atoms with Gasteiger partial charge in [0.25, 0.3) is 0 Å². The van der Waals surface area contributed by atoms with Crippen LogP contribution in [0.25, 0.3) is 0 Å². The van der Waals surface area contributed by atoms with E-state index in [2.05, 4.69) is 0 Å². The number of hydrogen-bond donors (Lipinski definition) is 1. The van der Waals surface area contributed by atoms with E-state index in [1.165, 1.54) is 0 Å². The van der Waals surface area contributed by atoms with Crippen LogP contribution < -0.4 is 0 Å². The van der Waals surface area contributed by atoms with Crippen molar-refractivity contribution in [2.45, 2.75) is 18.8 Å². The summed E-state index contributed by atoms with van der Waals surface area (Å²) < 4.78 is 87.7. The molecular formula is C10H5F7O2. The smallest absolute Gasteiger partial charge is 0.417 e. The lowest BCUT2D eigenvalue weighted by Gasteiger charge is -2.16. The number of rotatable bonds is 2. The van der Waals surface area contributed by atoms with E-state index >= 15 is 0 Å². The van der Waals surface area contributed by atoms with Crippen LogP contribution in [0.2, 0.25) is 0 Å². The zero-order valence-corrected chi connectivity index (χ0v) is 8.86. The van der Waals surface area contributed by atoms with Gasteiger partial charge in [0.2, 0.25) is 0 Å². The van der Waals surface area contributed by atoms with E-state index < -0.39 is 47.3 Å². The molecule has 0 saturated carbocycles. The molecule has 0 aliphatic heterocycles. The SMILES string of the molecule is O=C(O)Cc1cc(C(F)(F)F)c(C(F)(F)F)cc1F. The van der Waals surface area contributed by atoms with Crippen LogP contribution in [0.1, 0.15) is 16.7 Å². The summed E-state index contributed by atoms with van der Waals surface area (Å²) in [6.45, 7) is 0. The van der Waals surface area contributed by atoms with Gasteiger partial charge in [-0.25, -0.2) is 4.39 Å². The third-order valence-electron chi connectivity index (χ3n) is 2.14. The van der Waals surface area contributed by atoms with Gasteiger partial charge in [-0.15, -0.1) is 0 Å². The van der Waals surface area contributed by atoms with Gasteiger partial charge in [0.15, 0.2) is 0 Å². The van der Waals surface area contributed by atoms with Gasteiger partial charge in [-0.1, -0.05) is 0 Å². The standard InChI is InChI=1S/C10H5F7O2/c11-7-3-6(10(15,16)17)5(9(12,13)14)1-4(7)2-8(18)19/h1,3H,2H2,(H,18,19). The van der Waals surface area contributed by atoms with Crippen molar-refractivity contribution in [2.24, 2.45) is 0 Å².